The zero-order chi connectivity index (χ0) is 11.1. The van der Waals surface area contributed by atoms with Crippen LogP contribution >= 0.6 is 0 Å². The van der Waals surface area contributed by atoms with E-state index in [1.165, 1.54) is 0 Å². The normalized spacial score (nSPS) is 14.7. The van der Waals surface area contributed by atoms with E-state index < -0.39 is 23.9 Å². The Morgan fingerprint density at radius 1 is 1.36 bits per heavy atom. The summed E-state index contributed by atoms with van der Waals surface area (Å²) in [5, 5.41) is 17.2. The van der Waals surface area contributed by atoms with Gasteiger partial charge in [-0.25, -0.2) is 0 Å². The SMILES string of the molecule is CCCC[C@@H](CC(=O)O)[C@@H](N)C(=O)O. The third kappa shape index (κ3) is 4.81. The maximum Gasteiger partial charge on any atom is 0.320 e. The van der Waals surface area contributed by atoms with E-state index in [9.17, 15) is 9.59 Å². The van der Waals surface area contributed by atoms with Crippen molar-refractivity contribution >= 4 is 11.9 Å². The summed E-state index contributed by atoms with van der Waals surface area (Å²) in [5.41, 5.74) is 5.39. The molecular formula is C9H17NO4. The van der Waals surface area contributed by atoms with Crippen molar-refractivity contribution in [1.29, 1.82) is 0 Å². The predicted molar refractivity (Wildman–Crippen MR) is 50.9 cm³/mol. The Labute approximate surface area is 82.9 Å². The van der Waals surface area contributed by atoms with Crippen LogP contribution in [-0.4, -0.2) is 28.2 Å². The summed E-state index contributed by atoms with van der Waals surface area (Å²) >= 11 is 0. The first kappa shape index (κ1) is 12.9. The Bertz CT molecular complexity index is 205. The van der Waals surface area contributed by atoms with Gasteiger partial charge in [0, 0.05) is 0 Å². The molecule has 2 atom stereocenters. The highest BCUT2D eigenvalue weighted by molar-refractivity contribution is 5.75. The van der Waals surface area contributed by atoms with Crippen LogP contribution in [0.4, 0.5) is 0 Å². The van der Waals surface area contributed by atoms with Crippen molar-refractivity contribution in [3.8, 4) is 0 Å². The van der Waals surface area contributed by atoms with Crippen molar-refractivity contribution in [2.75, 3.05) is 0 Å². The molecule has 0 bridgehead atoms. The monoisotopic (exact) mass is 203 g/mol. The molecule has 82 valence electrons. The lowest BCUT2D eigenvalue weighted by Crippen LogP contribution is -2.39. The average molecular weight is 203 g/mol. The highest BCUT2D eigenvalue weighted by atomic mass is 16.4. The third-order valence-corrected chi connectivity index (χ3v) is 2.16. The Morgan fingerprint density at radius 2 is 1.93 bits per heavy atom. The molecule has 0 aromatic rings. The Morgan fingerprint density at radius 3 is 2.29 bits per heavy atom. The van der Waals surface area contributed by atoms with E-state index in [-0.39, 0.29) is 6.42 Å². The van der Waals surface area contributed by atoms with Crippen LogP contribution in [0.25, 0.3) is 0 Å². The molecule has 5 nitrogen and oxygen atoms in total. The molecule has 0 spiro atoms. The van der Waals surface area contributed by atoms with E-state index in [4.69, 9.17) is 15.9 Å². The van der Waals surface area contributed by atoms with Gasteiger partial charge in [-0.05, 0) is 12.3 Å². The second kappa shape index (κ2) is 6.37. The molecule has 5 heteroatoms. The van der Waals surface area contributed by atoms with Crippen molar-refractivity contribution in [3.05, 3.63) is 0 Å². The number of carbonyl (C=O) groups is 2. The molecule has 0 aliphatic heterocycles. The minimum Gasteiger partial charge on any atom is -0.481 e. The van der Waals surface area contributed by atoms with Crippen LogP contribution in [0.1, 0.15) is 32.6 Å². The summed E-state index contributed by atoms with van der Waals surface area (Å²) in [6.07, 6.45) is 2.09. The van der Waals surface area contributed by atoms with E-state index in [0.29, 0.717) is 6.42 Å². The van der Waals surface area contributed by atoms with Gasteiger partial charge in [0.25, 0.3) is 0 Å². The average Bonchev–Trinajstić information content (AvgIpc) is 2.10. The van der Waals surface area contributed by atoms with E-state index in [1.807, 2.05) is 6.92 Å². The number of hydrogen-bond donors (Lipinski definition) is 3. The standard InChI is InChI=1S/C9H17NO4/c1-2-3-4-6(5-7(11)12)8(10)9(13)14/h6,8H,2-5,10H2,1H3,(H,11,12)(H,13,14)/t6-,8+/m0/s1. The van der Waals surface area contributed by atoms with Crippen LogP contribution < -0.4 is 5.73 Å². The molecule has 0 amide bonds. The quantitative estimate of drug-likeness (QED) is 0.564. The molecule has 0 aromatic heterocycles. The number of aliphatic carboxylic acids is 2. The van der Waals surface area contributed by atoms with Crippen molar-refractivity contribution in [1.82, 2.24) is 0 Å². The maximum absolute atomic E-state index is 10.6. The summed E-state index contributed by atoms with van der Waals surface area (Å²) in [6.45, 7) is 1.96. The van der Waals surface area contributed by atoms with E-state index in [0.717, 1.165) is 12.8 Å². The lowest BCUT2D eigenvalue weighted by molar-refractivity contribution is -0.142. The van der Waals surface area contributed by atoms with Gasteiger partial charge in [-0.15, -0.1) is 0 Å². The maximum atomic E-state index is 10.6. The van der Waals surface area contributed by atoms with Gasteiger partial charge in [0.15, 0.2) is 0 Å². The third-order valence-electron chi connectivity index (χ3n) is 2.16. The smallest absolute Gasteiger partial charge is 0.320 e. The van der Waals surface area contributed by atoms with Crippen LogP contribution in [0, 0.1) is 5.92 Å². The zero-order valence-corrected chi connectivity index (χ0v) is 8.27. The molecule has 0 aromatic carbocycles. The summed E-state index contributed by atoms with van der Waals surface area (Å²) in [4.78, 5) is 21.0. The first-order chi connectivity index (χ1) is 6.49. The molecule has 0 heterocycles. The summed E-state index contributed by atoms with van der Waals surface area (Å²) in [6, 6.07) is -1.07. The predicted octanol–water partition coefficient (Wildman–Crippen LogP) is 0.679. The number of carboxylic acids is 2. The fourth-order valence-corrected chi connectivity index (χ4v) is 1.30. The molecule has 0 rings (SSSR count). The lowest BCUT2D eigenvalue weighted by atomic mass is 9.91. The van der Waals surface area contributed by atoms with Crippen molar-refractivity contribution in [2.24, 2.45) is 11.7 Å². The van der Waals surface area contributed by atoms with Crippen LogP contribution in [0.3, 0.4) is 0 Å². The van der Waals surface area contributed by atoms with Gasteiger partial charge in [-0.2, -0.15) is 0 Å². The molecule has 4 N–H and O–H groups in total. The number of carboxylic acid groups (broad SMARTS) is 2. The lowest BCUT2D eigenvalue weighted by Gasteiger charge is -2.18. The molecule has 0 fully saturated rings. The number of nitrogens with two attached hydrogens (primary N) is 1. The largest absolute Gasteiger partial charge is 0.481 e. The highest BCUT2D eigenvalue weighted by Gasteiger charge is 2.25. The number of rotatable bonds is 7. The molecular weight excluding hydrogens is 186 g/mol. The van der Waals surface area contributed by atoms with Crippen LogP contribution in [0.2, 0.25) is 0 Å². The van der Waals surface area contributed by atoms with Gasteiger partial charge in [0.2, 0.25) is 0 Å². The summed E-state index contributed by atoms with van der Waals surface area (Å²) in [5.74, 6) is -2.60. The van der Waals surface area contributed by atoms with Crippen molar-refractivity contribution in [2.45, 2.75) is 38.6 Å². The van der Waals surface area contributed by atoms with E-state index in [1.54, 1.807) is 0 Å². The topological polar surface area (TPSA) is 101 Å². The van der Waals surface area contributed by atoms with E-state index in [2.05, 4.69) is 0 Å². The molecule has 0 saturated heterocycles. The summed E-state index contributed by atoms with van der Waals surface area (Å²) < 4.78 is 0. The van der Waals surface area contributed by atoms with Gasteiger partial charge in [-0.3, -0.25) is 9.59 Å². The Kier molecular flexibility index (Phi) is 5.87. The second-order valence-corrected chi connectivity index (χ2v) is 3.36. The molecule has 0 aliphatic rings. The van der Waals surface area contributed by atoms with Crippen LogP contribution in [0.15, 0.2) is 0 Å². The molecule has 0 radical (unpaired) electrons. The van der Waals surface area contributed by atoms with Gasteiger partial charge in [0.05, 0.1) is 6.42 Å². The minimum atomic E-state index is -1.13. The van der Waals surface area contributed by atoms with Crippen LogP contribution in [0.5, 0.6) is 0 Å². The Balaban J connectivity index is 4.22. The fourth-order valence-electron chi connectivity index (χ4n) is 1.30. The van der Waals surface area contributed by atoms with Crippen molar-refractivity contribution in [3.63, 3.8) is 0 Å². The Hall–Kier alpha value is -1.10. The zero-order valence-electron chi connectivity index (χ0n) is 8.27. The van der Waals surface area contributed by atoms with Crippen LogP contribution in [-0.2, 0) is 9.59 Å². The molecule has 0 unspecified atom stereocenters. The van der Waals surface area contributed by atoms with Gasteiger partial charge < -0.3 is 15.9 Å². The minimum absolute atomic E-state index is 0.173. The second-order valence-electron chi connectivity index (χ2n) is 3.36. The number of unbranched alkanes of at least 4 members (excludes halogenated alkanes) is 1. The van der Waals surface area contributed by atoms with E-state index >= 15 is 0 Å². The van der Waals surface area contributed by atoms with Gasteiger partial charge >= 0.3 is 11.9 Å². The first-order valence-corrected chi connectivity index (χ1v) is 4.69. The molecule has 0 saturated carbocycles. The first-order valence-electron chi connectivity index (χ1n) is 4.69. The highest BCUT2D eigenvalue weighted by Crippen LogP contribution is 2.16. The molecule has 0 aliphatic carbocycles. The molecule has 14 heavy (non-hydrogen) atoms. The van der Waals surface area contributed by atoms with Gasteiger partial charge in [0.1, 0.15) is 6.04 Å². The van der Waals surface area contributed by atoms with Crippen molar-refractivity contribution < 1.29 is 19.8 Å². The fraction of sp³-hybridized carbons (Fsp3) is 0.778. The summed E-state index contributed by atoms with van der Waals surface area (Å²) in [7, 11) is 0. The van der Waals surface area contributed by atoms with Gasteiger partial charge in [-0.1, -0.05) is 19.8 Å². The number of hydrogen-bond acceptors (Lipinski definition) is 3.